The van der Waals surface area contributed by atoms with E-state index >= 15 is 0 Å². The molecule has 2 aromatic rings. The fraction of sp³-hybridized carbons (Fsp3) is 0.433. The highest BCUT2D eigenvalue weighted by molar-refractivity contribution is 5.88. The number of rotatable bonds is 3. The molecule has 0 unspecified atom stereocenters. The normalized spacial score (nSPS) is 9.09. The quantitative estimate of drug-likeness (QED) is 0.367. The fourth-order valence-electron chi connectivity index (χ4n) is 1.94. The number of benzene rings is 1. The van der Waals surface area contributed by atoms with Crippen LogP contribution in [-0.4, -0.2) is 4.98 Å². The molecule has 0 bridgehead atoms. The van der Waals surface area contributed by atoms with Crippen molar-refractivity contribution in [3.8, 4) is 0 Å². The first-order valence-electron chi connectivity index (χ1n) is 12.0. The number of unbranched alkanes of at least 4 members (excludes halogenated alkanes) is 1. The van der Waals surface area contributed by atoms with Crippen molar-refractivity contribution < 1.29 is 4.39 Å². The first kappa shape index (κ1) is 37.6. The summed E-state index contributed by atoms with van der Waals surface area (Å²) in [7, 11) is 0. The summed E-state index contributed by atoms with van der Waals surface area (Å²) in [5.74, 6) is -0.386. The van der Waals surface area contributed by atoms with Crippen molar-refractivity contribution in [2.75, 3.05) is 5.73 Å². The lowest BCUT2D eigenvalue weighted by atomic mass is 9.99. The van der Waals surface area contributed by atoms with E-state index in [1.807, 2.05) is 80.5 Å². The van der Waals surface area contributed by atoms with Gasteiger partial charge in [-0.1, -0.05) is 78.7 Å². The van der Waals surface area contributed by atoms with Gasteiger partial charge in [0.25, 0.3) is 0 Å². The molecular weight excluding hydrogens is 407 g/mol. The molecule has 2 rings (SSSR count). The number of aryl methyl sites for hydroxylation is 1. The van der Waals surface area contributed by atoms with Gasteiger partial charge >= 0.3 is 0 Å². The molecule has 0 radical (unpaired) electrons. The third kappa shape index (κ3) is 19.7. The lowest BCUT2D eigenvalue weighted by Gasteiger charge is -2.09. The molecule has 3 heteroatoms. The third-order valence-electron chi connectivity index (χ3n) is 3.76. The number of nitrogens with two attached hydrogens (primary N) is 1. The molecule has 0 spiro atoms. The lowest BCUT2D eigenvalue weighted by Crippen LogP contribution is -1.94. The highest BCUT2D eigenvalue weighted by atomic mass is 19.1. The van der Waals surface area contributed by atoms with Crippen LogP contribution in [0.3, 0.4) is 0 Å². The molecular formula is C30H51FN2. The second-order valence-electron chi connectivity index (χ2n) is 6.47. The Bertz CT molecular complexity index is 754. The molecule has 33 heavy (non-hydrogen) atoms. The molecule has 2 N–H and O–H groups in total. The van der Waals surface area contributed by atoms with E-state index in [-0.39, 0.29) is 11.5 Å². The standard InChI is InChI=1S/C16H17FN2.C4H10.2C3H6.2C2H6/c1-10-5-4-6-16(19-10)12(3)11(2)13-7-8-14(17)15(18)9-13;1-3-4-2;2*1-3-2;2*1-2/h4-9H,18H2,1-3H3;3-4H2,1-2H3;2*3H,1H2,2H3;2*1-2H3/b12-11-;;;;;. The summed E-state index contributed by atoms with van der Waals surface area (Å²) in [6.45, 7) is 28.8. The van der Waals surface area contributed by atoms with E-state index in [0.717, 1.165) is 28.1 Å². The van der Waals surface area contributed by atoms with Gasteiger partial charge in [-0.3, -0.25) is 4.98 Å². The summed E-state index contributed by atoms with van der Waals surface area (Å²) >= 11 is 0. The molecule has 0 aliphatic carbocycles. The van der Waals surface area contributed by atoms with E-state index in [1.165, 1.54) is 18.9 Å². The number of nitrogens with zero attached hydrogens (tertiary/aromatic N) is 1. The van der Waals surface area contributed by atoms with Crippen LogP contribution in [-0.2, 0) is 0 Å². The van der Waals surface area contributed by atoms with Gasteiger partial charge in [0.05, 0.1) is 11.4 Å². The Kier molecular flexibility index (Phi) is 31.2. The van der Waals surface area contributed by atoms with Crippen LogP contribution in [0.4, 0.5) is 10.1 Å². The predicted octanol–water partition coefficient (Wildman–Crippen LogP) is 10.3. The summed E-state index contributed by atoms with van der Waals surface area (Å²) in [5, 5.41) is 0. The second kappa shape index (κ2) is 27.4. The zero-order valence-corrected chi connectivity index (χ0v) is 23.3. The van der Waals surface area contributed by atoms with Crippen molar-refractivity contribution in [2.24, 2.45) is 0 Å². The first-order chi connectivity index (χ1) is 15.7. The van der Waals surface area contributed by atoms with Crippen molar-refractivity contribution in [1.29, 1.82) is 0 Å². The van der Waals surface area contributed by atoms with Crippen molar-refractivity contribution in [3.63, 3.8) is 0 Å². The number of hydrogen-bond acceptors (Lipinski definition) is 2. The summed E-state index contributed by atoms with van der Waals surface area (Å²) < 4.78 is 13.2. The molecule has 0 fully saturated rings. The maximum Gasteiger partial charge on any atom is 0.146 e. The van der Waals surface area contributed by atoms with Gasteiger partial charge in [0, 0.05) is 5.69 Å². The molecule has 0 aliphatic rings. The molecule has 0 aliphatic heterocycles. The van der Waals surface area contributed by atoms with Crippen molar-refractivity contribution in [2.45, 2.75) is 89.0 Å². The summed E-state index contributed by atoms with van der Waals surface area (Å²) in [6.07, 6.45) is 6.14. The second-order valence-corrected chi connectivity index (χ2v) is 6.47. The number of halogens is 1. The SMILES string of the molecule is C/C(=C(\C)c1cccc(C)n1)c1ccc(F)c(N)c1.C=CC.C=CC.CC.CC.CCCC. The molecule has 1 aromatic carbocycles. The van der Waals surface area contributed by atoms with Crippen LogP contribution >= 0.6 is 0 Å². The highest BCUT2D eigenvalue weighted by Crippen LogP contribution is 2.26. The monoisotopic (exact) mass is 458 g/mol. The van der Waals surface area contributed by atoms with E-state index < -0.39 is 0 Å². The fourth-order valence-corrected chi connectivity index (χ4v) is 1.94. The van der Waals surface area contributed by atoms with Crippen LogP contribution in [0.5, 0.6) is 0 Å². The number of allylic oxidation sites excluding steroid dienone is 4. The van der Waals surface area contributed by atoms with Crippen LogP contribution in [0.25, 0.3) is 11.1 Å². The van der Waals surface area contributed by atoms with Crippen molar-refractivity contribution in [3.05, 3.63) is 84.5 Å². The smallest absolute Gasteiger partial charge is 0.146 e. The van der Waals surface area contributed by atoms with Crippen LogP contribution in [0.2, 0.25) is 0 Å². The van der Waals surface area contributed by atoms with E-state index in [9.17, 15) is 4.39 Å². The van der Waals surface area contributed by atoms with Crippen molar-refractivity contribution in [1.82, 2.24) is 4.98 Å². The van der Waals surface area contributed by atoms with E-state index in [4.69, 9.17) is 5.73 Å². The Balaban J connectivity index is -0.000000251. The predicted molar refractivity (Wildman–Crippen MR) is 153 cm³/mol. The summed E-state index contributed by atoms with van der Waals surface area (Å²) in [5.41, 5.74) is 10.7. The minimum atomic E-state index is -0.386. The molecule has 0 amide bonds. The van der Waals surface area contributed by atoms with Crippen LogP contribution in [0.1, 0.15) is 99.0 Å². The number of anilines is 1. The summed E-state index contributed by atoms with van der Waals surface area (Å²) in [6, 6.07) is 10.7. The molecule has 0 saturated carbocycles. The van der Waals surface area contributed by atoms with Gasteiger partial charge in [-0.2, -0.15) is 0 Å². The minimum absolute atomic E-state index is 0.168. The van der Waals surface area contributed by atoms with E-state index in [0.29, 0.717) is 0 Å². The van der Waals surface area contributed by atoms with E-state index in [1.54, 1.807) is 24.3 Å². The summed E-state index contributed by atoms with van der Waals surface area (Å²) in [4.78, 5) is 4.50. The maximum atomic E-state index is 13.2. The Morgan fingerprint density at radius 2 is 1.36 bits per heavy atom. The Morgan fingerprint density at radius 1 is 0.909 bits per heavy atom. The Morgan fingerprint density at radius 3 is 1.73 bits per heavy atom. The van der Waals surface area contributed by atoms with E-state index in [2.05, 4.69) is 32.0 Å². The molecule has 1 heterocycles. The maximum absolute atomic E-state index is 13.2. The van der Waals surface area contributed by atoms with Crippen molar-refractivity contribution >= 4 is 16.8 Å². The van der Waals surface area contributed by atoms with Crippen LogP contribution in [0, 0.1) is 12.7 Å². The van der Waals surface area contributed by atoms with Gasteiger partial charge in [-0.25, -0.2) is 4.39 Å². The number of pyridine rings is 1. The molecule has 0 saturated heterocycles. The van der Waals surface area contributed by atoms with Gasteiger partial charge in [-0.05, 0) is 75.6 Å². The number of nitrogen functional groups attached to an aromatic ring is 1. The average molecular weight is 459 g/mol. The third-order valence-corrected chi connectivity index (χ3v) is 3.76. The van der Waals surface area contributed by atoms with Gasteiger partial charge in [0.1, 0.15) is 5.82 Å². The van der Waals surface area contributed by atoms with Gasteiger partial charge in [0.2, 0.25) is 0 Å². The molecule has 1 aromatic heterocycles. The zero-order chi connectivity index (χ0) is 26.8. The minimum Gasteiger partial charge on any atom is -0.396 e. The zero-order valence-electron chi connectivity index (χ0n) is 23.3. The first-order valence-corrected chi connectivity index (χ1v) is 12.0. The molecule has 188 valence electrons. The molecule has 2 nitrogen and oxygen atoms in total. The van der Waals surface area contributed by atoms with Gasteiger partial charge in [0.15, 0.2) is 0 Å². The topological polar surface area (TPSA) is 38.9 Å². The van der Waals surface area contributed by atoms with Gasteiger partial charge in [-0.15, -0.1) is 13.2 Å². The highest BCUT2D eigenvalue weighted by Gasteiger charge is 2.07. The number of hydrogen-bond donors (Lipinski definition) is 1. The molecule has 0 atom stereocenters. The average Bonchev–Trinajstić information content (AvgIpc) is 2.83. The number of aromatic nitrogens is 1. The Labute approximate surface area is 205 Å². The van der Waals surface area contributed by atoms with Crippen LogP contribution in [0.15, 0.2) is 61.7 Å². The van der Waals surface area contributed by atoms with Gasteiger partial charge < -0.3 is 5.73 Å². The largest absolute Gasteiger partial charge is 0.396 e. The lowest BCUT2D eigenvalue weighted by molar-refractivity contribution is 0.632. The van der Waals surface area contributed by atoms with Crippen LogP contribution < -0.4 is 5.73 Å². The Hall–Kier alpha value is -2.68.